The lowest BCUT2D eigenvalue weighted by atomic mass is 10.0. The zero-order valence-electron chi connectivity index (χ0n) is 12.7. The smallest absolute Gasteiger partial charge is 0.250 e. The van der Waals surface area contributed by atoms with Crippen molar-refractivity contribution in [2.75, 3.05) is 5.73 Å². The number of nitrogens with zero attached hydrogens (tertiary/aromatic N) is 1. The van der Waals surface area contributed by atoms with Gasteiger partial charge in [-0.05, 0) is 29.7 Å². The Labute approximate surface area is 149 Å². The van der Waals surface area contributed by atoms with Crippen molar-refractivity contribution < 1.29 is 9.59 Å². The van der Waals surface area contributed by atoms with Crippen LogP contribution in [-0.2, 0) is 17.8 Å². The summed E-state index contributed by atoms with van der Waals surface area (Å²) in [4.78, 5) is 27.4. The Bertz CT molecular complexity index is 763. The minimum absolute atomic E-state index is 0.107. The average Bonchev–Trinajstić information content (AvgIpc) is 2.55. The first-order valence-electron chi connectivity index (χ1n) is 7.12. The number of nitrogens with one attached hydrogen (secondary N) is 1. The van der Waals surface area contributed by atoms with E-state index in [1.54, 1.807) is 30.5 Å². The molecule has 0 fully saturated rings. The lowest BCUT2D eigenvalue weighted by molar-refractivity contribution is -0.121. The number of primary amides is 1. The van der Waals surface area contributed by atoms with Gasteiger partial charge >= 0.3 is 0 Å². The van der Waals surface area contributed by atoms with Gasteiger partial charge in [0, 0.05) is 19.2 Å². The van der Waals surface area contributed by atoms with Crippen molar-refractivity contribution in [3.05, 3.63) is 57.2 Å². The molecule has 0 aliphatic heterocycles. The maximum atomic E-state index is 12.0. The molecular weight excluding hydrogens is 351 g/mol. The van der Waals surface area contributed by atoms with Crippen molar-refractivity contribution in [1.82, 2.24) is 10.3 Å². The summed E-state index contributed by atoms with van der Waals surface area (Å²) in [6.45, 7) is 0.343. The third-order valence-electron chi connectivity index (χ3n) is 3.39. The first-order valence-corrected chi connectivity index (χ1v) is 7.88. The number of nitrogens with two attached hydrogens (primary N) is 2. The van der Waals surface area contributed by atoms with Gasteiger partial charge in [0.2, 0.25) is 5.91 Å². The third kappa shape index (κ3) is 4.59. The molecule has 0 unspecified atom stereocenters. The highest BCUT2D eigenvalue weighted by molar-refractivity contribution is 6.44. The van der Waals surface area contributed by atoms with Gasteiger partial charge in [-0.25, -0.2) is 4.98 Å². The first-order chi connectivity index (χ1) is 11.4. The van der Waals surface area contributed by atoms with Crippen molar-refractivity contribution in [2.24, 2.45) is 5.73 Å². The second-order valence-corrected chi connectivity index (χ2v) is 5.91. The standard InChI is InChI=1S/C16H16Cl2N4O2/c17-11-4-2-10(14(15(11)18)16(20)24)3-6-13(23)22-8-9-1-5-12(19)21-7-9/h1-2,4-5,7H,3,6,8H2,(H2,19,21)(H2,20,24)(H,22,23). The minimum Gasteiger partial charge on any atom is -0.384 e. The summed E-state index contributed by atoms with van der Waals surface area (Å²) < 4.78 is 0. The number of amides is 2. The quantitative estimate of drug-likeness (QED) is 0.727. The second kappa shape index (κ2) is 7.99. The Morgan fingerprint density at radius 3 is 2.54 bits per heavy atom. The molecule has 6 nitrogen and oxygen atoms in total. The van der Waals surface area contributed by atoms with Gasteiger partial charge in [0.25, 0.3) is 5.91 Å². The third-order valence-corrected chi connectivity index (χ3v) is 4.19. The fourth-order valence-corrected chi connectivity index (χ4v) is 2.58. The topological polar surface area (TPSA) is 111 Å². The fraction of sp³-hybridized carbons (Fsp3) is 0.188. The molecule has 0 atom stereocenters. The SMILES string of the molecule is NC(=O)c1c(CCC(=O)NCc2ccc(N)nc2)ccc(Cl)c1Cl. The van der Waals surface area contributed by atoms with Crippen LogP contribution in [-0.4, -0.2) is 16.8 Å². The monoisotopic (exact) mass is 366 g/mol. The van der Waals surface area contributed by atoms with E-state index >= 15 is 0 Å². The average molecular weight is 367 g/mol. The molecule has 8 heteroatoms. The molecule has 2 aromatic rings. The van der Waals surface area contributed by atoms with E-state index in [1.807, 2.05) is 0 Å². The molecule has 0 aliphatic carbocycles. The van der Waals surface area contributed by atoms with Crippen LogP contribution < -0.4 is 16.8 Å². The predicted octanol–water partition coefficient (Wildman–Crippen LogP) is 2.32. The van der Waals surface area contributed by atoms with E-state index in [0.717, 1.165) is 5.56 Å². The molecule has 2 amide bonds. The van der Waals surface area contributed by atoms with Crippen molar-refractivity contribution in [1.29, 1.82) is 0 Å². The summed E-state index contributed by atoms with van der Waals surface area (Å²) in [6, 6.07) is 6.66. The zero-order valence-corrected chi connectivity index (χ0v) is 14.2. The number of pyridine rings is 1. The molecular formula is C16H16Cl2N4O2. The molecule has 1 aromatic heterocycles. The lowest BCUT2D eigenvalue weighted by Gasteiger charge is -2.10. The Kier molecular flexibility index (Phi) is 6.00. The highest BCUT2D eigenvalue weighted by Gasteiger charge is 2.16. The lowest BCUT2D eigenvalue weighted by Crippen LogP contribution is -2.23. The summed E-state index contributed by atoms with van der Waals surface area (Å²) in [7, 11) is 0. The molecule has 0 saturated carbocycles. The van der Waals surface area contributed by atoms with Crippen LogP contribution in [0.2, 0.25) is 10.0 Å². The number of hydrogen-bond donors (Lipinski definition) is 3. The van der Waals surface area contributed by atoms with Crippen molar-refractivity contribution in [3.8, 4) is 0 Å². The Balaban J connectivity index is 1.95. The molecule has 1 aromatic carbocycles. The highest BCUT2D eigenvalue weighted by atomic mass is 35.5. The van der Waals surface area contributed by atoms with Crippen molar-refractivity contribution in [3.63, 3.8) is 0 Å². The fourth-order valence-electron chi connectivity index (χ4n) is 2.14. The molecule has 0 aliphatic rings. The maximum absolute atomic E-state index is 12.0. The van der Waals surface area contributed by atoms with Gasteiger partial charge in [0.15, 0.2) is 0 Å². The van der Waals surface area contributed by atoms with Gasteiger partial charge in [-0.2, -0.15) is 0 Å². The number of halogens is 2. The van der Waals surface area contributed by atoms with Crippen LogP contribution in [0.3, 0.4) is 0 Å². The summed E-state index contributed by atoms with van der Waals surface area (Å²) in [6.07, 6.45) is 2.10. The van der Waals surface area contributed by atoms with E-state index in [2.05, 4.69) is 10.3 Å². The van der Waals surface area contributed by atoms with Gasteiger partial charge in [-0.3, -0.25) is 9.59 Å². The van der Waals surface area contributed by atoms with E-state index in [4.69, 9.17) is 34.7 Å². The van der Waals surface area contributed by atoms with Crippen LogP contribution in [0.25, 0.3) is 0 Å². The maximum Gasteiger partial charge on any atom is 0.250 e. The summed E-state index contributed by atoms with van der Waals surface area (Å²) in [5, 5.41) is 3.12. The first kappa shape index (κ1) is 18.0. The Morgan fingerprint density at radius 1 is 1.17 bits per heavy atom. The number of carbonyl (C=O) groups excluding carboxylic acids is 2. The number of aryl methyl sites for hydroxylation is 1. The number of nitrogen functional groups attached to an aromatic ring is 1. The summed E-state index contributed by atoms with van der Waals surface area (Å²) >= 11 is 11.9. The van der Waals surface area contributed by atoms with Gasteiger partial charge in [-0.15, -0.1) is 0 Å². The van der Waals surface area contributed by atoms with E-state index in [-0.39, 0.29) is 27.9 Å². The van der Waals surface area contributed by atoms with E-state index in [0.29, 0.717) is 24.3 Å². The number of benzene rings is 1. The van der Waals surface area contributed by atoms with E-state index in [9.17, 15) is 9.59 Å². The molecule has 0 saturated heterocycles. The minimum atomic E-state index is -0.675. The largest absolute Gasteiger partial charge is 0.384 e. The van der Waals surface area contributed by atoms with Gasteiger partial charge in [0.1, 0.15) is 5.82 Å². The van der Waals surface area contributed by atoms with Crippen LogP contribution in [0.5, 0.6) is 0 Å². The predicted molar refractivity (Wildman–Crippen MR) is 93.8 cm³/mol. The Hall–Kier alpha value is -2.31. The number of aromatic nitrogens is 1. The zero-order chi connectivity index (χ0) is 17.7. The van der Waals surface area contributed by atoms with Crippen molar-refractivity contribution >= 4 is 40.8 Å². The van der Waals surface area contributed by atoms with Gasteiger partial charge in [0.05, 0.1) is 15.6 Å². The van der Waals surface area contributed by atoms with Crippen LogP contribution in [0.4, 0.5) is 5.82 Å². The van der Waals surface area contributed by atoms with E-state index < -0.39 is 5.91 Å². The van der Waals surface area contributed by atoms with Crippen LogP contribution in [0.15, 0.2) is 30.5 Å². The number of hydrogen-bond acceptors (Lipinski definition) is 4. The van der Waals surface area contributed by atoms with Gasteiger partial charge in [-0.1, -0.05) is 35.3 Å². The number of carbonyl (C=O) groups is 2. The molecule has 0 spiro atoms. The summed E-state index contributed by atoms with van der Waals surface area (Å²) in [5.74, 6) is -0.428. The molecule has 1 heterocycles. The second-order valence-electron chi connectivity index (χ2n) is 5.13. The molecule has 0 bridgehead atoms. The normalized spacial score (nSPS) is 10.4. The molecule has 2 rings (SSSR count). The Morgan fingerprint density at radius 2 is 1.92 bits per heavy atom. The molecule has 24 heavy (non-hydrogen) atoms. The summed E-state index contributed by atoms with van der Waals surface area (Å²) in [5.41, 5.74) is 12.4. The highest BCUT2D eigenvalue weighted by Crippen LogP contribution is 2.29. The number of rotatable bonds is 6. The molecule has 126 valence electrons. The van der Waals surface area contributed by atoms with Crippen LogP contribution in [0, 0.1) is 0 Å². The molecule has 5 N–H and O–H groups in total. The molecule has 0 radical (unpaired) electrons. The van der Waals surface area contributed by atoms with Crippen molar-refractivity contribution in [2.45, 2.75) is 19.4 Å². The number of anilines is 1. The van der Waals surface area contributed by atoms with Crippen LogP contribution >= 0.6 is 23.2 Å². The van der Waals surface area contributed by atoms with E-state index in [1.165, 1.54) is 0 Å². The van der Waals surface area contributed by atoms with Gasteiger partial charge < -0.3 is 16.8 Å². The van der Waals surface area contributed by atoms with Crippen LogP contribution in [0.1, 0.15) is 27.9 Å².